The number of carboxylic acid groups (broad SMARTS) is 1. The molecule has 2 aliphatic heterocycles. The van der Waals surface area contributed by atoms with Crippen LogP contribution in [0.2, 0.25) is 0 Å². The molecule has 2 saturated heterocycles. The van der Waals surface area contributed by atoms with Crippen LogP contribution >= 0.6 is 0 Å². The van der Waals surface area contributed by atoms with Crippen molar-refractivity contribution in [3.05, 3.63) is 35.9 Å². The van der Waals surface area contributed by atoms with Crippen LogP contribution in [0.5, 0.6) is 0 Å². The molecule has 1 aromatic carbocycles. The van der Waals surface area contributed by atoms with Crippen molar-refractivity contribution < 1.29 is 24.9 Å². The van der Waals surface area contributed by atoms with E-state index in [1.165, 1.54) is 0 Å². The van der Waals surface area contributed by atoms with Gasteiger partial charge in [-0.1, -0.05) is 37.3 Å². The molecule has 0 aromatic heterocycles. The number of Topliss-reactive ketones (excluding diaryl/α,β-unsaturated/α-hetero) is 1. The minimum absolute atomic E-state index is 0.0350. The fraction of sp³-hybridized carbons (Fsp3) is 0.579. The van der Waals surface area contributed by atoms with E-state index in [9.17, 15) is 24.9 Å². The normalized spacial score (nSPS) is 36.2. The molecule has 2 bridgehead atoms. The van der Waals surface area contributed by atoms with Gasteiger partial charge in [0.1, 0.15) is 5.60 Å². The Kier molecular flexibility index (Phi) is 4.47. The second-order valence-corrected chi connectivity index (χ2v) is 7.27. The van der Waals surface area contributed by atoms with Gasteiger partial charge in [-0.15, -0.1) is 0 Å². The van der Waals surface area contributed by atoms with Gasteiger partial charge in [0.05, 0.1) is 6.10 Å². The number of rotatable bonds is 5. The number of carboxylic acids is 1. The Morgan fingerprint density at radius 1 is 1.28 bits per heavy atom. The van der Waals surface area contributed by atoms with E-state index in [-0.39, 0.29) is 24.4 Å². The number of fused-ring (bicyclic) bond motifs is 2. The van der Waals surface area contributed by atoms with Crippen LogP contribution in [0.4, 0.5) is 0 Å². The van der Waals surface area contributed by atoms with Crippen molar-refractivity contribution in [3.8, 4) is 0 Å². The number of carbonyl (C=O) groups excluding carboxylic acids is 1. The highest BCUT2D eigenvalue weighted by Crippen LogP contribution is 2.55. The lowest BCUT2D eigenvalue weighted by molar-refractivity contribution is -0.208. The summed E-state index contributed by atoms with van der Waals surface area (Å²) in [7, 11) is 1.80. The number of aliphatic carboxylic acids is 1. The van der Waals surface area contributed by atoms with Gasteiger partial charge in [-0.3, -0.25) is 14.5 Å². The molecular weight excluding hydrogens is 322 g/mol. The summed E-state index contributed by atoms with van der Waals surface area (Å²) >= 11 is 0. The molecule has 25 heavy (non-hydrogen) atoms. The first-order chi connectivity index (χ1) is 11.8. The third-order valence-corrected chi connectivity index (χ3v) is 6.24. The maximum absolute atomic E-state index is 13.5. The number of hydrogen-bond donors (Lipinski definition) is 3. The molecule has 0 saturated carbocycles. The van der Waals surface area contributed by atoms with Crippen LogP contribution in [0, 0.1) is 5.41 Å². The third-order valence-electron chi connectivity index (χ3n) is 6.24. The second-order valence-electron chi connectivity index (χ2n) is 7.27. The third kappa shape index (κ3) is 2.28. The number of aliphatic hydroxyl groups excluding tert-OH is 1. The molecule has 6 nitrogen and oxygen atoms in total. The van der Waals surface area contributed by atoms with Crippen LogP contribution in [0.3, 0.4) is 0 Å². The van der Waals surface area contributed by atoms with Crippen molar-refractivity contribution >= 4 is 11.8 Å². The molecule has 2 fully saturated rings. The molecule has 0 amide bonds. The van der Waals surface area contributed by atoms with Gasteiger partial charge in [0.2, 0.25) is 0 Å². The Hall–Kier alpha value is -1.76. The minimum atomic E-state index is -2.09. The molecule has 1 aromatic rings. The van der Waals surface area contributed by atoms with E-state index < -0.39 is 34.9 Å². The van der Waals surface area contributed by atoms with Crippen molar-refractivity contribution in [1.82, 2.24) is 4.90 Å². The van der Waals surface area contributed by atoms with Gasteiger partial charge < -0.3 is 15.3 Å². The highest BCUT2D eigenvalue weighted by Gasteiger charge is 2.73. The van der Waals surface area contributed by atoms with Crippen molar-refractivity contribution in [2.45, 2.75) is 56.4 Å². The highest BCUT2D eigenvalue weighted by molar-refractivity contribution is 6.14. The van der Waals surface area contributed by atoms with E-state index in [0.29, 0.717) is 12.8 Å². The number of aliphatic hydroxyl groups is 2. The summed E-state index contributed by atoms with van der Waals surface area (Å²) in [5.41, 5.74) is -3.85. The van der Waals surface area contributed by atoms with Gasteiger partial charge in [-0.25, -0.2) is 0 Å². The molecule has 0 radical (unpaired) electrons. The Morgan fingerprint density at radius 2 is 1.92 bits per heavy atom. The standard InChI is InChI=1S/C19H25NO5/c1-3-15(21)18(25)11-13-9-10-14(20(13)2)19(18,17(23)24)16(22)12-7-5-4-6-8-12/h4-8,13-15,21,25H,3,9-11H2,1-2H3,(H,23,24)/t13-,14+,15?,18+,19+/m0/s1. The smallest absolute Gasteiger partial charge is 0.322 e. The number of carbonyl (C=O) groups is 2. The molecule has 136 valence electrons. The molecular formula is C19H25NO5. The molecule has 5 atom stereocenters. The van der Waals surface area contributed by atoms with Gasteiger partial charge in [0.25, 0.3) is 0 Å². The average molecular weight is 347 g/mol. The van der Waals surface area contributed by atoms with E-state index in [0.717, 1.165) is 0 Å². The van der Waals surface area contributed by atoms with Crippen molar-refractivity contribution in [2.75, 3.05) is 7.05 Å². The second kappa shape index (κ2) is 6.20. The molecule has 0 spiro atoms. The van der Waals surface area contributed by atoms with Crippen LogP contribution in [-0.2, 0) is 4.79 Å². The van der Waals surface area contributed by atoms with Gasteiger partial charge >= 0.3 is 5.97 Å². The van der Waals surface area contributed by atoms with Gasteiger partial charge in [0.15, 0.2) is 11.2 Å². The highest BCUT2D eigenvalue weighted by atomic mass is 16.4. The predicted octanol–water partition coefficient (Wildman–Crippen LogP) is 1.31. The minimum Gasteiger partial charge on any atom is -0.480 e. The average Bonchev–Trinajstić information content (AvgIpc) is 2.88. The van der Waals surface area contributed by atoms with Crippen LogP contribution in [0.15, 0.2) is 30.3 Å². The van der Waals surface area contributed by atoms with E-state index in [4.69, 9.17) is 0 Å². The maximum Gasteiger partial charge on any atom is 0.322 e. The lowest BCUT2D eigenvalue weighted by atomic mass is 9.57. The number of hydrogen-bond acceptors (Lipinski definition) is 5. The summed E-state index contributed by atoms with van der Waals surface area (Å²) in [5, 5.41) is 32.3. The summed E-state index contributed by atoms with van der Waals surface area (Å²) in [6, 6.07) is 7.52. The number of nitrogens with zero attached hydrogens (tertiary/aromatic N) is 1. The van der Waals surface area contributed by atoms with E-state index in [1.807, 2.05) is 4.90 Å². The largest absolute Gasteiger partial charge is 0.480 e. The van der Waals surface area contributed by atoms with Crippen LogP contribution in [0.25, 0.3) is 0 Å². The Labute approximate surface area is 147 Å². The number of ketones is 1. The zero-order valence-electron chi connectivity index (χ0n) is 14.6. The topological polar surface area (TPSA) is 98.1 Å². The fourth-order valence-electron chi connectivity index (χ4n) is 4.92. The predicted molar refractivity (Wildman–Crippen MR) is 91.3 cm³/mol. The van der Waals surface area contributed by atoms with Crippen molar-refractivity contribution in [1.29, 1.82) is 0 Å². The molecule has 6 heteroatoms. The first kappa shape index (κ1) is 18.0. The number of piperidine rings is 1. The zero-order chi connectivity index (χ0) is 18.4. The SMILES string of the molecule is CCC(O)[C@]1(O)C[C@@H]2CC[C@@H](N2C)[C@]1(C(=O)O)C(=O)c1ccccc1. The first-order valence-electron chi connectivity index (χ1n) is 8.76. The number of benzene rings is 1. The quantitative estimate of drug-likeness (QED) is 0.549. The van der Waals surface area contributed by atoms with Gasteiger partial charge in [-0.2, -0.15) is 0 Å². The molecule has 0 aliphatic carbocycles. The first-order valence-corrected chi connectivity index (χ1v) is 8.76. The Balaban J connectivity index is 2.25. The summed E-state index contributed by atoms with van der Waals surface area (Å²) in [5.74, 6) is -2.00. The lowest BCUT2D eigenvalue weighted by Gasteiger charge is -2.55. The summed E-state index contributed by atoms with van der Waals surface area (Å²) in [6.07, 6.45) is 0.173. The molecule has 3 rings (SSSR count). The zero-order valence-corrected chi connectivity index (χ0v) is 14.6. The molecule has 1 unspecified atom stereocenters. The summed E-state index contributed by atoms with van der Waals surface area (Å²) < 4.78 is 0. The molecule has 2 heterocycles. The Bertz CT molecular complexity index is 678. The van der Waals surface area contributed by atoms with Crippen LogP contribution < -0.4 is 0 Å². The summed E-state index contributed by atoms with van der Waals surface area (Å²) in [4.78, 5) is 27.9. The Morgan fingerprint density at radius 3 is 2.48 bits per heavy atom. The van der Waals surface area contributed by atoms with Crippen molar-refractivity contribution in [3.63, 3.8) is 0 Å². The summed E-state index contributed by atoms with van der Waals surface area (Å²) in [6.45, 7) is 1.68. The monoisotopic (exact) mass is 347 g/mol. The van der Waals surface area contributed by atoms with Crippen LogP contribution in [0.1, 0.15) is 43.0 Å². The van der Waals surface area contributed by atoms with Crippen LogP contribution in [-0.4, -0.2) is 62.8 Å². The van der Waals surface area contributed by atoms with Crippen molar-refractivity contribution in [2.24, 2.45) is 5.41 Å². The molecule has 2 aliphatic rings. The van der Waals surface area contributed by atoms with Gasteiger partial charge in [0, 0.05) is 17.6 Å². The van der Waals surface area contributed by atoms with E-state index >= 15 is 0 Å². The maximum atomic E-state index is 13.5. The van der Waals surface area contributed by atoms with Gasteiger partial charge in [-0.05, 0) is 32.7 Å². The van der Waals surface area contributed by atoms with E-state index in [2.05, 4.69) is 0 Å². The molecule has 3 N–H and O–H groups in total. The van der Waals surface area contributed by atoms with E-state index in [1.54, 1.807) is 44.3 Å². The fourth-order valence-corrected chi connectivity index (χ4v) is 4.92. The lowest BCUT2D eigenvalue weighted by Crippen LogP contribution is -2.74.